The summed E-state index contributed by atoms with van der Waals surface area (Å²) in [6.45, 7) is 8.30. The molecule has 0 saturated heterocycles. The summed E-state index contributed by atoms with van der Waals surface area (Å²) in [7, 11) is 0. The van der Waals surface area contributed by atoms with Gasteiger partial charge in [0, 0.05) is 35.8 Å². The molecule has 6 heteroatoms. The van der Waals surface area contributed by atoms with Crippen molar-refractivity contribution in [2.45, 2.75) is 85.1 Å². The molecule has 0 atom stereocenters. The summed E-state index contributed by atoms with van der Waals surface area (Å²) in [5.74, 6) is 0.534. The van der Waals surface area contributed by atoms with Gasteiger partial charge in [-0.15, -0.1) is 0 Å². The Morgan fingerprint density at radius 1 is 0.833 bits per heavy atom. The summed E-state index contributed by atoms with van der Waals surface area (Å²) in [6.07, 6.45) is 6.70. The van der Waals surface area contributed by atoms with Crippen LogP contribution in [0.5, 0.6) is 0 Å². The summed E-state index contributed by atoms with van der Waals surface area (Å²) >= 11 is 0. The molecule has 166 valence electrons. The molecule has 0 heterocycles. The fourth-order valence-corrected chi connectivity index (χ4v) is 3.53. The number of nitrogens with one attached hydrogen (secondary N) is 3. The zero-order chi connectivity index (χ0) is 22.1. The van der Waals surface area contributed by atoms with Crippen molar-refractivity contribution in [3.63, 3.8) is 0 Å². The molecule has 1 fully saturated rings. The minimum Gasteiger partial charge on any atom is -0.349 e. The van der Waals surface area contributed by atoms with E-state index >= 15 is 0 Å². The Bertz CT molecular complexity index is 693. The third-order valence-corrected chi connectivity index (χ3v) is 5.35. The molecule has 1 saturated carbocycles. The van der Waals surface area contributed by atoms with Crippen molar-refractivity contribution in [3.8, 4) is 0 Å². The largest absolute Gasteiger partial charge is 0.349 e. The van der Waals surface area contributed by atoms with E-state index in [0.717, 1.165) is 38.5 Å². The van der Waals surface area contributed by atoms with Crippen LogP contribution in [0, 0.1) is 11.8 Å². The first-order chi connectivity index (χ1) is 14.2. The van der Waals surface area contributed by atoms with Gasteiger partial charge < -0.3 is 16.0 Å². The molecule has 0 bridgehead atoms. The second-order valence-corrected chi connectivity index (χ2v) is 9.22. The number of amides is 3. The average Bonchev–Trinajstić information content (AvgIpc) is 3.17. The minimum absolute atomic E-state index is 0.0888. The lowest BCUT2D eigenvalue weighted by Crippen LogP contribution is -2.32. The van der Waals surface area contributed by atoms with Gasteiger partial charge in [0.2, 0.25) is 11.8 Å². The first-order valence-corrected chi connectivity index (χ1v) is 11.3. The number of anilines is 2. The van der Waals surface area contributed by atoms with Gasteiger partial charge in [0.25, 0.3) is 5.91 Å². The lowest BCUT2D eigenvalue weighted by atomic mass is 10.1. The van der Waals surface area contributed by atoms with Gasteiger partial charge in [0.1, 0.15) is 0 Å². The summed E-state index contributed by atoms with van der Waals surface area (Å²) in [5, 5.41) is 8.83. The minimum atomic E-state index is -0.169. The predicted octanol–water partition coefficient (Wildman–Crippen LogP) is 5.11. The average molecular weight is 416 g/mol. The van der Waals surface area contributed by atoms with E-state index in [-0.39, 0.29) is 23.8 Å². The molecular formula is C24H37N3O3. The first-order valence-electron chi connectivity index (χ1n) is 11.3. The maximum absolute atomic E-state index is 12.8. The summed E-state index contributed by atoms with van der Waals surface area (Å²) in [4.78, 5) is 37.3. The number of carbonyl (C=O) groups is 3. The Morgan fingerprint density at radius 3 is 1.73 bits per heavy atom. The van der Waals surface area contributed by atoms with Crippen LogP contribution < -0.4 is 16.0 Å². The fraction of sp³-hybridized carbons (Fsp3) is 0.625. The van der Waals surface area contributed by atoms with Crippen LogP contribution in [0.25, 0.3) is 0 Å². The van der Waals surface area contributed by atoms with Crippen molar-refractivity contribution >= 4 is 29.1 Å². The second-order valence-electron chi connectivity index (χ2n) is 9.22. The molecule has 0 radical (unpaired) electrons. The smallest absolute Gasteiger partial charge is 0.251 e. The summed E-state index contributed by atoms with van der Waals surface area (Å²) in [6, 6.07) is 5.28. The molecular weight excluding hydrogens is 378 g/mol. The number of hydrogen-bond donors (Lipinski definition) is 3. The van der Waals surface area contributed by atoms with Crippen molar-refractivity contribution in [1.29, 1.82) is 0 Å². The van der Waals surface area contributed by atoms with Gasteiger partial charge in [-0.3, -0.25) is 14.4 Å². The van der Waals surface area contributed by atoms with Crippen LogP contribution in [0.1, 0.15) is 89.4 Å². The monoisotopic (exact) mass is 415 g/mol. The molecule has 0 aromatic heterocycles. The molecule has 1 aromatic carbocycles. The van der Waals surface area contributed by atoms with Crippen molar-refractivity contribution < 1.29 is 14.4 Å². The van der Waals surface area contributed by atoms with E-state index in [1.165, 1.54) is 0 Å². The zero-order valence-electron chi connectivity index (χ0n) is 18.8. The zero-order valence-corrected chi connectivity index (χ0v) is 18.8. The Balaban J connectivity index is 2.14. The Kier molecular flexibility index (Phi) is 9.34. The third-order valence-electron chi connectivity index (χ3n) is 5.35. The maximum atomic E-state index is 12.8. The van der Waals surface area contributed by atoms with Crippen molar-refractivity contribution in [3.05, 3.63) is 23.8 Å². The van der Waals surface area contributed by atoms with Gasteiger partial charge in [-0.2, -0.15) is 0 Å². The van der Waals surface area contributed by atoms with Crippen molar-refractivity contribution in [2.24, 2.45) is 11.8 Å². The highest BCUT2D eigenvalue weighted by atomic mass is 16.2. The standard InChI is InChI=1S/C24H37N3O3/c1-16(2)9-11-22(28)25-20-13-18(24(30)27-19-7-5-6-8-19)14-21(15-20)26-23(29)12-10-17(3)4/h13-17,19H,5-12H2,1-4H3,(H,25,28)(H,26,29)(H,27,30). The van der Waals surface area contributed by atoms with E-state index in [9.17, 15) is 14.4 Å². The lowest BCUT2D eigenvalue weighted by molar-refractivity contribution is -0.117. The van der Waals surface area contributed by atoms with Crippen molar-refractivity contribution in [2.75, 3.05) is 10.6 Å². The van der Waals surface area contributed by atoms with Crippen LogP contribution in [0.3, 0.4) is 0 Å². The number of carbonyl (C=O) groups excluding carboxylic acids is 3. The molecule has 0 spiro atoms. The van der Waals surface area contributed by atoms with Crippen LogP contribution in [0.4, 0.5) is 11.4 Å². The quantitative estimate of drug-likeness (QED) is 0.496. The molecule has 30 heavy (non-hydrogen) atoms. The third kappa shape index (κ3) is 8.56. The van der Waals surface area contributed by atoms with E-state index < -0.39 is 0 Å². The van der Waals surface area contributed by atoms with Gasteiger partial charge in [0.15, 0.2) is 0 Å². The molecule has 0 unspecified atom stereocenters. The number of hydrogen-bond acceptors (Lipinski definition) is 3. The molecule has 2 rings (SSSR count). The van der Waals surface area contributed by atoms with Gasteiger partial charge >= 0.3 is 0 Å². The highest BCUT2D eigenvalue weighted by molar-refractivity contribution is 6.00. The number of benzene rings is 1. The molecule has 6 nitrogen and oxygen atoms in total. The highest BCUT2D eigenvalue weighted by Crippen LogP contribution is 2.23. The Morgan fingerprint density at radius 2 is 1.30 bits per heavy atom. The van der Waals surface area contributed by atoms with Crippen LogP contribution in [-0.2, 0) is 9.59 Å². The van der Waals surface area contributed by atoms with Crippen LogP contribution in [0.15, 0.2) is 18.2 Å². The van der Waals surface area contributed by atoms with Gasteiger partial charge in [0.05, 0.1) is 0 Å². The fourth-order valence-electron chi connectivity index (χ4n) is 3.53. The second kappa shape index (κ2) is 11.7. The highest BCUT2D eigenvalue weighted by Gasteiger charge is 2.19. The molecule has 3 N–H and O–H groups in total. The number of rotatable bonds is 10. The Labute approximate surface area is 180 Å². The van der Waals surface area contributed by atoms with Gasteiger partial charge in [-0.05, 0) is 55.7 Å². The van der Waals surface area contributed by atoms with Crippen molar-refractivity contribution in [1.82, 2.24) is 5.32 Å². The van der Waals surface area contributed by atoms with E-state index in [2.05, 4.69) is 43.6 Å². The van der Waals surface area contributed by atoms with E-state index in [1.54, 1.807) is 18.2 Å². The molecule has 3 amide bonds. The van der Waals surface area contributed by atoms with Crippen LogP contribution in [-0.4, -0.2) is 23.8 Å². The summed E-state index contributed by atoms with van der Waals surface area (Å²) in [5.41, 5.74) is 1.51. The molecule has 1 aliphatic carbocycles. The molecule has 1 aliphatic rings. The van der Waals surface area contributed by atoms with E-state index in [1.807, 2.05) is 0 Å². The van der Waals surface area contributed by atoms with Crippen LogP contribution >= 0.6 is 0 Å². The topological polar surface area (TPSA) is 87.3 Å². The summed E-state index contributed by atoms with van der Waals surface area (Å²) < 4.78 is 0. The normalized spacial score (nSPS) is 14.2. The Hall–Kier alpha value is -2.37. The SMILES string of the molecule is CC(C)CCC(=O)Nc1cc(NC(=O)CCC(C)C)cc(C(=O)NC2CCCC2)c1. The van der Waals surface area contributed by atoms with Crippen LogP contribution in [0.2, 0.25) is 0 Å². The van der Waals surface area contributed by atoms with Gasteiger partial charge in [-0.1, -0.05) is 40.5 Å². The predicted molar refractivity (Wildman–Crippen MR) is 122 cm³/mol. The van der Waals surface area contributed by atoms with E-state index in [4.69, 9.17) is 0 Å². The van der Waals surface area contributed by atoms with E-state index in [0.29, 0.717) is 41.6 Å². The lowest BCUT2D eigenvalue weighted by Gasteiger charge is -2.15. The maximum Gasteiger partial charge on any atom is 0.251 e. The van der Waals surface area contributed by atoms with Gasteiger partial charge in [-0.25, -0.2) is 0 Å². The first kappa shape index (κ1) is 23.9. The molecule has 1 aromatic rings. The molecule has 0 aliphatic heterocycles.